The van der Waals surface area contributed by atoms with Gasteiger partial charge in [-0.25, -0.2) is 0 Å². The SMILES string of the molecule is O=C(CN[C@H]1CCOC1=O)Nc1ccc(C(=O)/C=C/c2ccc(Cl)cc2)cc1. The third-order valence-corrected chi connectivity index (χ3v) is 4.45. The van der Waals surface area contributed by atoms with Crippen molar-refractivity contribution in [3.05, 3.63) is 70.8 Å². The number of allylic oxidation sites excluding steroid dienone is 1. The van der Waals surface area contributed by atoms with Crippen molar-refractivity contribution < 1.29 is 19.1 Å². The topological polar surface area (TPSA) is 84.5 Å². The monoisotopic (exact) mass is 398 g/mol. The zero-order valence-corrected chi connectivity index (χ0v) is 15.7. The Kier molecular flexibility index (Phi) is 6.57. The van der Waals surface area contributed by atoms with Crippen LogP contribution in [0.15, 0.2) is 54.6 Å². The highest BCUT2D eigenvalue weighted by Crippen LogP contribution is 2.13. The number of anilines is 1. The van der Waals surface area contributed by atoms with E-state index in [1.807, 2.05) is 12.1 Å². The number of carbonyl (C=O) groups excluding carboxylic acids is 3. The molecule has 0 radical (unpaired) electrons. The van der Waals surface area contributed by atoms with Gasteiger partial charge in [0.2, 0.25) is 5.91 Å². The molecule has 28 heavy (non-hydrogen) atoms. The average molecular weight is 399 g/mol. The fourth-order valence-corrected chi connectivity index (χ4v) is 2.79. The first-order chi connectivity index (χ1) is 13.5. The van der Waals surface area contributed by atoms with E-state index in [9.17, 15) is 14.4 Å². The van der Waals surface area contributed by atoms with E-state index in [1.165, 1.54) is 6.08 Å². The first-order valence-corrected chi connectivity index (χ1v) is 9.17. The summed E-state index contributed by atoms with van der Waals surface area (Å²) in [6, 6.07) is 13.3. The standard InChI is InChI=1S/C21H19ClN2O4/c22-16-6-1-14(2-7-16)3-10-19(25)15-4-8-17(9-5-15)24-20(26)13-23-18-11-12-28-21(18)27/h1-10,18,23H,11-13H2,(H,24,26)/b10-3+/t18-/m0/s1. The smallest absolute Gasteiger partial charge is 0.323 e. The number of ketones is 1. The van der Waals surface area contributed by atoms with Crippen LogP contribution in [0.2, 0.25) is 5.02 Å². The second-order valence-corrected chi connectivity index (χ2v) is 6.70. The van der Waals surface area contributed by atoms with Gasteiger partial charge in [-0.2, -0.15) is 0 Å². The maximum absolute atomic E-state index is 12.2. The Balaban J connectivity index is 1.51. The molecule has 2 aromatic rings. The Bertz CT molecular complexity index is 892. The van der Waals surface area contributed by atoms with Gasteiger partial charge in [-0.3, -0.25) is 19.7 Å². The molecule has 6 nitrogen and oxygen atoms in total. The Hall–Kier alpha value is -2.96. The number of carbonyl (C=O) groups is 3. The Morgan fingerprint density at radius 1 is 1.11 bits per heavy atom. The molecule has 3 rings (SSSR count). The molecule has 144 valence electrons. The van der Waals surface area contributed by atoms with E-state index in [4.69, 9.17) is 16.3 Å². The maximum atomic E-state index is 12.2. The van der Waals surface area contributed by atoms with Crippen molar-refractivity contribution in [3.63, 3.8) is 0 Å². The van der Waals surface area contributed by atoms with Gasteiger partial charge in [0, 0.05) is 22.7 Å². The molecule has 1 amide bonds. The number of benzene rings is 2. The highest BCUT2D eigenvalue weighted by atomic mass is 35.5. The fraction of sp³-hybridized carbons (Fsp3) is 0.190. The van der Waals surface area contributed by atoms with Crippen molar-refractivity contribution in [3.8, 4) is 0 Å². The minimum Gasteiger partial charge on any atom is -0.464 e. The molecule has 1 aliphatic rings. The highest BCUT2D eigenvalue weighted by molar-refractivity contribution is 6.30. The van der Waals surface area contributed by atoms with E-state index in [1.54, 1.807) is 42.5 Å². The van der Waals surface area contributed by atoms with Crippen LogP contribution in [0.1, 0.15) is 22.3 Å². The lowest BCUT2D eigenvalue weighted by Crippen LogP contribution is -2.38. The van der Waals surface area contributed by atoms with Crippen molar-refractivity contribution in [1.29, 1.82) is 0 Å². The molecule has 1 aliphatic heterocycles. The van der Waals surface area contributed by atoms with Gasteiger partial charge in [-0.15, -0.1) is 0 Å². The number of ether oxygens (including phenoxy) is 1. The van der Waals surface area contributed by atoms with E-state index in [2.05, 4.69) is 10.6 Å². The van der Waals surface area contributed by atoms with Gasteiger partial charge in [0.05, 0.1) is 13.2 Å². The van der Waals surface area contributed by atoms with E-state index >= 15 is 0 Å². The van der Waals surface area contributed by atoms with Gasteiger partial charge in [0.1, 0.15) is 6.04 Å². The summed E-state index contributed by atoms with van der Waals surface area (Å²) in [6.45, 7) is 0.379. The van der Waals surface area contributed by atoms with Crippen LogP contribution in [0.5, 0.6) is 0 Å². The van der Waals surface area contributed by atoms with Crippen molar-refractivity contribution in [2.24, 2.45) is 0 Å². The van der Waals surface area contributed by atoms with Gasteiger partial charge in [-0.05, 0) is 48.0 Å². The first-order valence-electron chi connectivity index (χ1n) is 8.79. The number of amides is 1. The van der Waals surface area contributed by atoms with Gasteiger partial charge in [0.15, 0.2) is 5.78 Å². The van der Waals surface area contributed by atoms with Crippen LogP contribution in [0.4, 0.5) is 5.69 Å². The van der Waals surface area contributed by atoms with Crippen molar-refractivity contribution in [2.75, 3.05) is 18.5 Å². The van der Waals surface area contributed by atoms with Gasteiger partial charge in [-0.1, -0.05) is 29.8 Å². The number of hydrogen-bond acceptors (Lipinski definition) is 5. The van der Waals surface area contributed by atoms with Gasteiger partial charge in [0.25, 0.3) is 0 Å². The number of nitrogens with one attached hydrogen (secondary N) is 2. The van der Waals surface area contributed by atoms with Crippen LogP contribution in [0, 0.1) is 0 Å². The summed E-state index contributed by atoms with van der Waals surface area (Å²) >= 11 is 5.83. The van der Waals surface area contributed by atoms with Gasteiger partial charge >= 0.3 is 5.97 Å². The minimum atomic E-state index is -0.432. The van der Waals surface area contributed by atoms with Crippen LogP contribution in [0.3, 0.4) is 0 Å². The summed E-state index contributed by atoms with van der Waals surface area (Å²) in [5.74, 6) is -0.752. The molecule has 2 N–H and O–H groups in total. The fourth-order valence-electron chi connectivity index (χ4n) is 2.66. The van der Waals surface area contributed by atoms with Crippen LogP contribution in [-0.2, 0) is 14.3 Å². The summed E-state index contributed by atoms with van der Waals surface area (Å²) in [7, 11) is 0. The zero-order chi connectivity index (χ0) is 19.9. The number of halogens is 1. The second-order valence-electron chi connectivity index (χ2n) is 6.26. The summed E-state index contributed by atoms with van der Waals surface area (Å²) in [6.07, 6.45) is 3.77. The molecular formula is C21H19ClN2O4. The third-order valence-electron chi connectivity index (χ3n) is 4.19. The van der Waals surface area contributed by atoms with E-state index < -0.39 is 6.04 Å². The van der Waals surface area contributed by atoms with E-state index in [-0.39, 0.29) is 24.2 Å². The third kappa shape index (κ3) is 5.52. The molecule has 0 aromatic heterocycles. The average Bonchev–Trinajstić information content (AvgIpc) is 3.11. The second kappa shape index (κ2) is 9.30. The predicted octanol–water partition coefficient (Wildman–Crippen LogP) is 3.08. The lowest BCUT2D eigenvalue weighted by atomic mass is 10.1. The number of hydrogen-bond donors (Lipinski definition) is 2. The van der Waals surface area contributed by atoms with Crippen LogP contribution in [-0.4, -0.2) is 36.9 Å². The zero-order valence-electron chi connectivity index (χ0n) is 15.0. The molecule has 1 atom stereocenters. The Morgan fingerprint density at radius 3 is 2.46 bits per heavy atom. The number of esters is 1. The molecule has 0 aliphatic carbocycles. The summed E-state index contributed by atoms with van der Waals surface area (Å²) in [5.41, 5.74) is 1.95. The predicted molar refractivity (Wildman–Crippen MR) is 107 cm³/mol. The molecule has 1 saturated heterocycles. The van der Waals surface area contributed by atoms with Crippen LogP contribution >= 0.6 is 11.6 Å². The van der Waals surface area contributed by atoms with Crippen LogP contribution in [0.25, 0.3) is 6.08 Å². The number of cyclic esters (lactones) is 1. The molecule has 2 aromatic carbocycles. The number of rotatable bonds is 7. The van der Waals surface area contributed by atoms with Crippen LogP contribution < -0.4 is 10.6 Å². The first kappa shape index (κ1) is 19.8. The molecule has 0 saturated carbocycles. The minimum absolute atomic E-state index is 0.00424. The Morgan fingerprint density at radius 2 is 1.82 bits per heavy atom. The normalized spacial score (nSPS) is 16.2. The van der Waals surface area contributed by atoms with Crippen molar-refractivity contribution in [1.82, 2.24) is 5.32 Å². The molecule has 1 heterocycles. The summed E-state index contributed by atoms with van der Waals surface area (Å²) < 4.78 is 4.83. The van der Waals surface area contributed by atoms with Crippen molar-refractivity contribution in [2.45, 2.75) is 12.5 Å². The van der Waals surface area contributed by atoms with Crippen molar-refractivity contribution >= 4 is 41.0 Å². The molecule has 0 unspecified atom stereocenters. The van der Waals surface area contributed by atoms with E-state index in [0.717, 1.165) is 5.56 Å². The molecule has 0 spiro atoms. The van der Waals surface area contributed by atoms with E-state index in [0.29, 0.717) is 29.3 Å². The maximum Gasteiger partial charge on any atom is 0.323 e. The lowest BCUT2D eigenvalue weighted by molar-refractivity contribution is -0.139. The largest absolute Gasteiger partial charge is 0.464 e. The lowest BCUT2D eigenvalue weighted by Gasteiger charge is -2.09. The molecule has 0 bridgehead atoms. The highest BCUT2D eigenvalue weighted by Gasteiger charge is 2.26. The van der Waals surface area contributed by atoms with Gasteiger partial charge < -0.3 is 10.1 Å². The Labute approximate surface area is 167 Å². The summed E-state index contributed by atoms with van der Waals surface area (Å²) in [5, 5.41) is 6.21. The molecule has 1 fully saturated rings. The quantitative estimate of drug-likeness (QED) is 0.425. The molecule has 7 heteroatoms. The summed E-state index contributed by atoms with van der Waals surface area (Å²) in [4.78, 5) is 35.6. The molecular weight excluding hydrogens is 380 g/mol.